The second-order valence-electron chi connectivity index (χ2n) is 19.6. The van der Waals surface area contributed by atoms with Gasteiger partial charge in [0.2, 0.25) is 11.0 Å². The molecule has 87 heavy (non-hydrogen) atoms. The van der Waals surface area contributed by atoms with E-state index in [1.165, 1.54) is 122 Å². The van der Waals surface area contributed by atoms with Crippen LogP contribution < -0.4 is 48.7 Å². The van der Waals surface area contributed by atoms with Gasteiger partial charge in [-0.05, 0) is 117 Å². The summed E-state index contributed by atoms with van der Waals surface area (Å²) in [6, 6.07) is -1.55. The van der Waals surface area contributed by atoms with Crippen LogP contribution in [-0.4, -0.2) is 224 Å². The van der Waals surface area contributed by atoms with E-state index >= 15 is 0 Å². The van der Waals surface area contributed by atoms with Gasteiger partial charge in [-0.3, -0.25) is 43.2 Å². The van der Waals surface area contributed by atoms with Crippen molar-refractivity contribution in [3.63, 3.8) is 0 Å². The third-order valence-corrected chi connectivity index (χ3v) is 17.4. The molecule has 4 rings (SSSR count). The Labute approximate surface area is 561 Å². The van der Waals surface area contributed by atoms with Crippen molar-refractivity contribution in [3.05, 3.63) is 13.2 Å². The Morgan fingerprint density at radius 3 is 1.14 bits per heavy atom. The number of carbonyl (C=O) groups is 9. The number of esters is 1. The average Bonchev–Trinajstić information content (AvgIpc) is 4.33. The minimum absolute atomic E-state index is 0.0124. The van der Waals surface area contributed by atoms with Crippen LogP contribution in [-0.2, 0) is 47.9 Å². The van der Waals surface area contributed by atoms with E-state index < -0.39 is 18.3 Å². The van der Waals surface area contributed by atoms with Crippen LogP contribution in [0.2, 0.25) is 0 Å². The molecular formula is C58H119N9O12S8. The monoisotopic (exact) mass is 1390 g/mol. The average molecular weight is 1390 g/mol. The molecule has 0 saturated heterocycles. The second-order valence-corrected chi connectivity index (χ2v) is 27.6. The number of ether oxygens (including phenoxy) is 1. The molecule has 4 aliphatic carbocycles. The highest BCUT2D eigenvalue weighted by molar-refractivity contribution is 8.76. The highest BCUT2D eigenvalue weighted by Crippen LogP contribution is 2.25. The summed E-state index contributed by atoms with van der Waals surface area (Å²) in [6.45, 7) is 21.2. The van der Waals surface area contributed by atoms with Crippen molar-refractivity contribution in [2.75, 3.05) is 91.7 Å². The number of nitrogens with two attached hydrogens (primary N) is 2. The Kier molecular flexibility index (Phi) is 78.9. The van der Waals surface area contributed by atoms with E-state index in [0.717, 1.165) is 11.8 Å². The maximum Gasteiger partial charge on any atom is 0.323 e. The summed E-state index contributed by atoms with van der Waals surface area (Å²) in [6.07, 6.45) is 19.4. The molecule has 0 aromatic carbocycles. The molecule has 4 saturated carbocycles. The maximum atomic E-state index is 11.4. The number of thiol groups is 3. The van der Waals surface area contributed by atoms with Gasteiger partial charge < -0.3 is 63.6 Å². The molecule has 0 aromatic heterocycles. The lowest BCUT2D eigenvalue weighted by atomic mass is 10.1. The lowest BCUT2D eigenvalue weighted by Crippen LogP contribution is -2.48. The zero-order valence-corrected chi connectivity index (χ0v) is 62.4. The van der Waals surface area contributed by atoms with Gasteiger partial charge >= 0.3 is 5.97 Å². The minimum atomic E-state index is -1.03. The summed E-state index contributed by atoms with van der Waals surface area (Å²) in [4.78, 5) is 99.0. The van der Waals surface area contributed by atoms with Gasteiger partial charge in [-0.15, -0.1) is 13.2 Å². The van der Waals surface area contributed by atoms with Crippen LogP contribution in [0.3, 0.4) is 0 Å². The number of ketones is 6. The van der Waals surface area contributed by atoms with E-state index in [2.05, 4.69) is 88.3 Å². The van der Waals surface area contributed by atoms with Crippen molar-refractivity contribution in [2.24, 2.45) is 11.5 Å². The first-order valence-corrected chi connectivity index (χ1v) is 37.2. The Bertz CT molecular complexity index is 1740. The van der Waals surface area contributed by atoms with E-state index in [4.69, 9.17) is 26.4 Å². The number of rotatable bonds is 31. The van der Waals surface area contributed by atoms with Gasteiger partial charge in [0.15, 0.2) is 23.5 Å². The van der Waals surface area contributed by atoms with Crippen molar-refractivity contribution in [2.45, 2.75) is 210 Å². The number of hydrogen-bond acceptors (Lipinski definition) is 28. The van der Waals surface area contributed by atoms with Gasteiger partial charge in [0.05, 0.1) is 30.2 Å². The fraction of sp³-hybridized carbons (Fsp3) is 0.810. The van der Waals surface area contributed by atoms with Crippen LogP contribution in [0.25, 0.3) is 0 Å². The Hall–Kier alpha value is -1.23. The number of thioether (sulfide) groups is 1. The molecule has 1 amide bonds. The molecule has 29 heteroatoms. The molecule has 0 bridgehead atoms. The fourth-order valence-electron chi connectivity index (χ4n) is 4.46. The molecule has 0 spiro atoms. The van der Waals surface area contributed by atoms with E-state index in [1.54, 1.807) is 102 Å². The molecule has 4 fully saturated rings. The molecule has 21 nitrogen and oxygen atoms in total. The van der Waals surface area contributed by atoms with Gasteiger partial charge in [0.25, 0.3) is 0 Å². The van der Waals surface area contributed by atoms with Crippen molar-refractivity contribution in [1.82, 2.24) is 37.2 Å². The molecule has 4 aliphatic rings. The van der Waals surface area contributed by atoms with E-state index in [-0.39, 0.29) is 115 Å². The number of hydrogen-bond donors (Lipinski definition) is 14. The lowest BCUT2D eigenvalue weighted by Gasteiger charge is -2.21. The van der Waals surface area contributed by atoms with Crippen molar-refractivity contribution in [1.29, 1.82) is 0 Å². The van der Waals surface area contributed by atoms with Gasteiger partial charge in [0.1, 0.15) is 35.6 Å². The summed E-state index contributed by atoms with van der Waals surface area (Å²) in [5, 5.41) is 37.2. The van der Waals surface area contributed by atoms with Crippen LogP contribution in [0.5, 0.6) is 0 Å². The van der Waals surface area contributed by atoms with E-state index in [1.807, 2.05) is 12.5 Å². The zero-order chi connectivity index (χ0) is 69.0. The highest BCUT2D eigenvalue weighted by atomic mass is 33.1. The van der Waals surface area contributed by atoms with Crippen molar-refractivity contribution in [3.8, 4) is 0 Å². The van der Waals surface area contributed by atoms with Crippen LogP contribution in [0.4, 0.5) is 0 Å². The number of nitrogens with one attached hydrogen (secondary N) is 7. The molecule has 516 valence electrons. The topological polar surface area (TPSA) is 340 Å². The lowest BCUT2D eigenvalue weighted by molar-refractivity contribution is -0.154. The standard InChI is InChI=1S/C10H21N3O2S.C9H17NO3S2.C8H15NO3S.C7H16N2OS2.C6H14N2OS.C4H8O2S.4C3H6.C2H4/c1-6(11-3)10(15)13-5-8(16)9(12-4)7(2)14;1-6(10-3)9(12)13-8(7(2)11)5-15-14-4;1-5(9-3)8(12)13-4-7(11)6(2)10;1-5(10)7(9-2)6(4-8)12-11-3;1-4(9)6(8-2)5(10)3-7;1-3(5)4(6)2-7;4*1-2-3-1;1-2/h6,8-9,11-12,16H,5H2,1-4H3,(H,13,15);6,8,10H,5H2,1-4H3;5,7,9,11H,4H2,1-3H3;6-7,9H,4,8H2,1-3H3;5-6,8,10H,3,7H2,1-2H3;4,6-7H,2H2,1H3;4*1-3H2;1-2H2. The van der Waals surface area contributed by atoms with Gasteiger partial charge in [-0.2, -0.15) is 37.9 Å². The number of aliphatic hydroxyl groups excluding tert-OH is 2. The molecule has 0 radical (unpaired) electrons. The molecule has 0 aromatic rings. The second kappa shape index (κ2) is 69.1. The normalized spacial score (nSPS) is 16.2. The van der Waals surface area contributed by atoms with Crippen molar-refractivity contribution >= 4 is 145 Å². The number of amides is 1. The largest absolute Gasteiger partial charge is 0.452 e. The molecule has 0 aliphatic heterocycles. The SMILES string of the molecule is C1CC1.C1CC1.C1CC1.C1CC1.C=C.CC(=O)C(O)CS.CNC(C(C)=O)C(CN)SSC.CNC(C(C)=O)C(S)CN.CNC(C)C(=O)NCC(S)C(NC)C(C)=O.CNC(C)C(=O)OC(CSSC)C(C)=O.CNC(C)C(=O)SCC(O)C(C)=O. The first-order valence-electron chi connectivity index (χ1n) is 29.2. The van der Waals surface area contributed by atoms with Gasteiger partial charge in [-0.1, -0.05) is 132 Å². The zero-order valence-electron chi connectivity index (χ0n) is 55.6. The van der Waals surface area contributed by atoms with Crippen LogP contribution in [0.15, 0.2) is 13.2 Å². The summed E-state index contributed by atoms with van der Waals surface area (Å²) in [5.74, 6) is -0.0467. The Balaban J connectivity index is -0.000000170. The number of carbonyl (C=O) groups excluding carboxylic acids is 9. The third-order valence-electron chi connectivity index (χ3n) is 10.9. The predicted octanol–water partition coefficient (Wildman–Crippen LogP) is 5.37. The molecule has 0 heterocycles. The number of Topliss-reactive ketones (excluding diaryl/α,β-unsaturated/α-hetero) is 6. The van der Waals surface area contributed by atoms with E-state index in [0.29, 0.717) is 25.4 Å². The Morgan fingerprint density at radius 2 is 0.897 bits per heavy atom. The molecule has 12 atom stereocenters. The summed E-state index contributed by atoms with van der Waals surface area (Å²) in [5.41, 5.74) is 10.9. The van der Waals surface area contributed by atoms with Crippen LogP contribution in [0, 0.1) is 0 Å². The summed E-state index contributed by atoms with van der Waals surface area (Å²) < 4.78 is 5.08. The third kappa shape index (κ3) is 72.1. The van der Waals surface area contributed by atoms with Gasteiger partial charge in [0, 0.05) is 52.6 Å². The Morgan fingerprint density at radius 1 is 0.517 bits per heavy atom. The van der Waals surface area contributed by atoms with Crippen LogP contribution in [0.1, 0.15) is 139 Å². The summed E-state index contributed by atoms with van der Waals surface area (Å²) in [7, 11) is 16.6. The summed E-state index contributed by atoms with van der Waals surface area (Å²) >= 11 is 13.1. The van der Waals surface area contributed by atoms with Crippen LogP contribution >= 0.6 is 92.8 Å². The molecular weight excluding hydrogens is 1270 g/mol. The van der Waals surface area contributed by atoms with Gasteiger partial charge in [-0.25, -0.2) is 0 Å². The number of aliphatic hydroxyl groups is 2. The fourth-order valence-corrected chi connectivity index (χ4v) is 9.86. The minimum Gasteiger partial charge on any atom is -0.452 e. The first kappa shape index (κ1) is 99.3. The smallest absolute Gasteiger partial charge is 0.323 e. The quantitative estimate of drug-likeness (QED) is 0.0180. The van der Waals surface area contributed by atoms with E-state index in [9.17, 15) is 43.2 Å². The first-order chi connectivity index (χ1) is 40.9. The highest BCUT2D eigenvalue weighted by Gasteiger charge is 2.25. The molecule has 13 N–H and O–H groups in total. The maximum absolute atomic E-state index is 11.4. The predicted molar refractivity (Wildman–Crippen MR) is 386 cm³/mol. The molecule has 12 unspecified atom stereocenters. The van der Waals surface area contributed by atoms with Crippen molar-refractivity contribution < 1.29 is 58.1 Å². The number of likely N-dealkylation sites (N-methyl/N-ethyl adjacent to an activating group) is 6.